The fourth-order valence-electron chi connectivity index (χ4n) is 3.19. The third-order valence-corrected chi connectivity index (χ3v) is 4.28. The Bertz CT molecular complexity index is 462. The summed E-state index contributed by atoms with van der Waals surface area (Å²) in [5.74, 6) is 0.729. The molecule has 1 saturated carbocycles. The minimum atomic E-state index is -4.34. The molecule has 0 spiro atoms. The minimum Gasteiger partial charge on any atom is -0.354 e. The van der Waals surface area contributed by atoms with Crippen molar-refractivity contribution in [2.75, 3.05) is 18.0 Å². The first-order chi connectivity index (χ1) is 9.97. The molecule has 0 radical (unpaired) electrons. The van der Waals surface area contributed by atoms with E-state index in [4.69, 9.17) is 5.73 Å². The van der Waals surface area contributed by atoms with Crippen molar-refractivity contribution in [1.29, 1.82) is 0 Å². The zero-order valence-electron chi connectivity index (χ0n) is 12.2. The summed E-state index contributed by atoms with van der Waals surface area (Å²) in [5.41, 5.74) is 5.19. The maximum absolute atomic E-state index is 12.9. The van der Waals surface area contributed by atoms with E-state index < -0.39 is 11.7 Å². The van der Waals surface area contributed by atoms with Crippen LogP contribution in [0.3, 0.4) is 0 Å². The van der Waals surface area contributed by atoms with Crippen molar-refractivity contribution >= 4 is 5.82 Å². The van der Waals surface area contributed by atoms with Gasteiger partial charge in [0.05, 0.1) is 5.56 Å². The molecule has 2 rings (SSSR count). The summed E-state index contributed by atoms with van der Waals surface area (Å²) in [7, 11) is 0. The van der Waals surface area contributed by atoms with Gasteiger partial charge in [-0.3, -0.25) is 0 Å². The van der Waals surface area contributed by atoms with Gasteiger partial charge in [-0.1, -0.05) is 12.8 Å². The molecule has 21 heavy (non-hydrogen) atoms. The van der Waals surface area contributed by atoms with Crippen molar-refractivity contribution in [3.05, 3.63) is 23.9 Å². The van der Waals surface area contributed by atoms with Crippen LogP contribution in [0.4, 0.5) is 19.0 Å². The fraction of sp³-hybridized carbons (Fsp3) is 0.667. The van der Waals surface area contributed by atoms with Crippen molar-refractivity contribution < 1.29 is 13.2 Å². The topological polar surface area (TPSA) is 42.2 Å². The first-order valence-electron chi connectivity index (χ1n) is 7.47. The largest absolute Gasteiger partial charge is 0.416 e. The van der Waals surface area contributed by atoms with Gasteiger partial charge >= 0.3 is 6.18 Å². The summed E-state index contributed by atoms with van der Waals surface area (Å²) in [4.78, 5) is 6.13. The molecule has 1 heterocycles. The van der Waals surface area contributed by atoms with Crippen molar-refractivity contribution in [3.8, 4) is 0 Å². The van der Waals surface area contributed by atoms with E-state index in [1.54, 1.807) is 0 Å². The van der Waals surface area contributed by atoms with E-state index in [0.717, 1.165) is 37.8 Å². The van der Waals surface area contributed by atoms with Gasteiger partial charge in [0, 0.05) is 18.8 Å². The highest BCUT2D eigenvalue weighted by Crippen LogP contribution is 2.34. The van der Waals surface area contributed by atoms with Gasteiger partial charge in [-0.25, -0.2) is 4.98 Å². The molecule has 0 saturated heterocycles. The van der Waals surface area contributed by atoms with Gasteiger partial charge in [-0.15, -0.1) is 0 Å². The van der Waals surface area contributed by atoms with E-state index in [-0.39, 0.29) is 6.04 Å². The molecule has 0 aromatic carbocycles. The number of aromatic nitrogens is 1. The van der Waals surface area contributed by atoms with Crippen molar-refractivity contribution in [3.63, 3.8) is 0 Å². The maximum Gasteiger partial charge on any atom is 0.416 e. The average Bonchev–Trinajstić information content (AvgIpc) is 2.48. The van der Waals surface area contributed by atoms with Crippen LogP contribution in [-0.2, 0) is 6.18 Å². The molecule has 0 amide bonds. The monoisotopic (exact) mass is 301 g/mol. The first-order valence-corrected chi connectivity index (χ1v) is 7.47. The van der Waals surface area contributed by atoms with E-state index >= 15 is 0 Å². The lowest BCUT2D eigenvalue weighted by Gasteiger charge is -2.40. The molecule has 6 heteroatoms. The van der Waals surface area contributed by atoms with Gasteiger partial charge in [0.2, 0.25) is 0 Å². The van der Waals surface area contributed by atoms with E-state index in [0.29, 0.717) is 24.8 Å². The number of hydrogen-bond donors (Lipinski definition) is 1. The summed E-state index contributed by atoms with van der Waals surface area (Å²) >= 11 is 0. The van der Waals surface area contributed by atoms with Crippen LogP contribution < -0.4 is 10.6 Å². The van der Waals surface area contributed by atoms with Crippen LogP contribution in [0.25, 0.3) is 0 Å². The Hall–Kier alpha value is -1.30. The zero-order chi connectivity index (χ0) is 15.5. The molecule has 1 aliphatic rings. The van der Waals surface area contributed by atoms with Crippen LogP contribution in [0.5, 0.6) is 0 Å². The van der Waals surface area contributed by atoms with E-state index in [2.05, 4.69) is 4.98 Å². The van der Waals surface area contributed by atoms with Gasteiger partial charge in [-0.05, 0) is 44.4 Å². The second-order valence-corrected chi connectivity index (χ2v) is 5.53. The Morgan fingerprint density at radius 1 is 1.33 bits per heavy atom. The molecule has 1 aliphatic carbocycles. The average molecular weight is 301 g/mol. The third-order valence-electron chi connectivity index (χ3n) is 4.28. The van der Waals surface area contributed by atoms with Crippen LogP contribution in [0.15, 0.2) is 18.3 Å². The van der Waals surface area contributed by atoms with Crippen molar-refractivity contribution in [2.24, 2.45) is 11.7 Å². The molecule has 2 N–H and O–H groups in total. The Labute approximate surface area is 123 Å². The number of pyridine rings is 1. The van der Waals surface area contributed by atoms with Crippen LogP contribution in [0.1, 0.15) is 38.2 Å². The molecule has 1 aromatic rings. The second kappa shape index (κ2) is 6.64. The van der Waals surface area contributed by atoms with Crippen LogP contribution >= 0.6 is 0 Å². The SMILES string of the molecule is CCN(c1cc(C(F)(F)F)ccn1)C1CCCCC1CN. The second-order valence-electron chi connectivity index (χ2n) is 5.53. The molecule has 0 aliphatic heterocycles. The van der Waals surface area contributed by atoms with Crippen molar-refractivity contribution in [2.45, 2.75) is 44.8 Å². The Morgan fingerprint density at radius 2 is 2.05 bits per heavy atom. The van der Waals surface area contributed by atoms with E-state index in [9.17, 15) is 13.2 Å². The van der Waals surface area contributed by atoms with Crippen LogP contribution in [0, 0.1) is 5.92 Å². The third kappa shape index (κ3) is 3.67. The van der Waals surface area contributed by atoms with Crippen molar-refractivity contribution in [1.82, 2.24) is 4.98 Å². The fourth-order valence-corrected chi connectivity index (χ4v) is 3.19. The highest BCUT2D eigenvalue weighted by molar-refractivity contribution is 5.43. The number of nitrogens with two attached hydrogens (primary N) is 1. The lowest BCUT2D eigenvalue weighted by molar-refractivity contribution is -0.137. The number of rotatable bonds is 4. The lowest BCUT2D eigenvalue weighted by atomic mass is 9.83. The number of alkyl halides is 3. The standard InChI is InChI=1S/C15H22F3N3/c1-2-21(13-6-4-3-5-11(13)10-19)14-9-12(7-8-20-14)15(16,17)18/h7-9,11,13H,2-6,10,19H2,1H3. The normalized spacial score (nSPS) is 23.1. The number of nitrogens with zero attached hydrogens (tertiary/aromatic N) is 2. The smallest absolute Gasteiger partial charge is 0.354 e. The summed E-state index contributed by atoms with van der Waals surface area (Å²) in [5, 5.41) is 0. The molecule has 2 atom stereocenters. The maximum atomic E-state index is 12.9. The molecule has 2 unspecified atom stereocenters. The Morgan fingerprint density at radius 3 is 2.67 bits per heavy atom. The molecule has 118 valence electrons. The summed E-state index contributed by atoms with van der Waals surface area (Å²) < 4.78 is 38.6. The number of halogens is 3. The summed E-state index contributed by atoms with van der Waals surface area (Å²) in [6, 6.07) is 2.34. The van der Waals surface area contributed by atoms with Crippen LogP contribution in [0.2, 0.25) is 0 Å². The predicted octanol–water partition coefficient (Wildman–Crippen LogP) is 3.44. The molecule has 3 nitrogen and oxygen atoms in total. The predicted molar refractivity (Wildman–Crippen MR) is 77.1 cm³/mol. The highest BCUT2D eigenvalue weighted by atomic mass is 19.4. The zero-order valence-corrected chi connectivity index (χ0v) is 12.2. The number of anilines is 1. The van der Waals surface area contributed by atoms with E-state index in [1.807, 2.05) is 11.8 Å². The molecule has 1 fully saturated rings. The molecule has 1 aromatic heterocycles. The van der Waals surface area contributed by atoms with Gasteiger partial charge in [0.15, 0.2) is 0 Å². The Kier molecular flexibility index (Phi) is 5.08. The van der Waals surface area contributed by atoms with Crippen LogP contribution in [-0.4, -0.2) is 24.1 Å². The summed E-state index contributed by atoms with van der Waals surface area (Å²) in [6.07, 6.45) is 1.14. The molecular formula is C15H22F3N3. The van der Waals surface area contributed by atoms with E-state index in [1.165, 1.54) is 6.20 Å². The molecular weight excluding hydrogens is 279 g/mol. The summed E-state index contributed by atoms with van der Waals surface area (Å²) in [6.45, 7) is 3.15. The van der Waals surface area contributed by atoms with Gasteiger partial charge in [0.25, 0.3) is 0 Å². The van der Waals surface area contributed by atoms with Gasteiger partial charge < -0.3 is 10.6 Å². The quantitative estimate of drug-likeness (QED) is 0.926. The highest BCUT2D eigenvalue weighted by Gasteiger charge is 2.33. The van der Waals surface area contributed by atoms with Gasteiger partial charge in [0.1, 0.15) is 5.82 Å². The minimum absolute atomic E-state index is 0.185. The Balaban J connectivity index is 2.28. The number of hydrogen-bond acceptors (Lipinski definition) is 3. The lowest BCUT2D eigenvalue weighted by Crippen LogP contribution is -2.45. The van der Waals surface area contributed by atoms with Gasteiger partial charge in [-0.2, -0.15) is 13.2 Å². The molecule has 0 bridgehead atoms. The first kappa shape index (κ1) is 16.1.